The van der Waals surface area contributed by atoms with Crippen LogP contribution < -0.4 is 15.6 Å². The molecule has 1 N–H and O–H groups in total. The number of nitrogens with one attached hydrogen (secondary N) is 1. The van der Waals surface area contributed by atoms with E-state index in [-0.39, 0.29) is 11.6 Å². The zero-order valence-corrected chi connectivity index (χ0v) is 10.2. The van der Waals surface area contributed by atoms with E-state index in [1.54, 1.807) is 31.5 Å². The summed E-state index contributed by atoms with van der Waals surface area (Å²) in [6, 6.07) is 5.35. The highest BCUT2D eigenvalue weighted by Crippen LogP contribution is 2.21. The number of fused-ring (bicyclic) bond motifs is 1. The maximum Gasteiger partial charge on any atom is 0.258 e. The molecular weight excluding hydrogens is 230 g/mol. The average molecular weight is 245 g/mol. The first-order chi connectivity index (χ1) is 8.78. The molecule has 0 aromatic carbocycles. The molecule has 5 nitrogen and oxygen atoms in total. The molecule has 2 aromatic rings. The molecule has 3 rings (SSSR count). The van der Waals surface area contributed by atoms with Gasteiger partial charge in [-0.3, -0.25) is 9.20 Å². The Morgan fingerprint density at radius 3 is 3.11 bits per heavy atom. The second-order valence-electron chi connectivity index (χ2n) is 4.46. The summed E-state index contributed by atoms with van der Waals surface area (Å²) >= 11 is 0. The van der Waals surface area contributed by atoms with Crippen molar-refractivity contribution in [2.24, 2.45) is 0 Å². The molecule has 1 aliphatic heterocycles. The molecule has 0 saturated carbocycles. The van der Waals surface area contributed by atoms with Crippen LogP contribution in [0.5, 0.6) is 5.75 Å². The SMILES string of the molecule is COc1ccn2c(=O)cc(C3CCCN3)nc2c1. The molecule has 1 saturated heterocycles. The second-order valence-corrected chi connectivity index (χ2v) is 4.46. The summed E-state index contributed by atoms with van der Waals surface area (Å²) in [5.41, 5.74) is 1.41. The molecule has 0 aliphatic carbocycles. The molecule has 0 bridgehead atoms. The number of methoxy groups -OCH3 is 1. The van der Waals surface area contributed by atoms with Gasteiger partial charge in [-0.05, 0) is 25.5 Å². The largest absolute Gasteiger partial charge is 0.497 e. The van der Waals surface area contributed by atoms with Gasteiger partial charge in [0, 0.05) is 24.4 Å². The van der Waals surface area contributed by atoms with Gasteiger partial charge < -0.3 is 10.1 Å². The number of aromatic nitrogens is 2. The zero-order valence-electron chi connectivity index (χ0n) is 10.2. The Hall–Kier alpha value is -1.88. The van der Waals surface area contributed by atoms with Gasteiger partial charge in [-0.15, -0.1) is 0 Å². The quantitative estimate of drug-likeness (QED) is 0.861. The van der Waals surface area contributed by atoms with Gasteiger partial charge in [0.1, 0.15) is 11.4 Å². The molecule has 1 unspecified atom stereocenters. The van der Waals surface area contributed by atoms with E-state index >= 15 is 0 Å². The number of hydrogen-bond acceptors (Lipinski definition) is 4. The molecule has 0 amide bonds. The van der Waals surface area contributed by atoms with Crippen molar-refractivity contribution in [2.75, 3.05) is 13.7 Å². The summed E-state index contributed by atoms with van der Waals surface area (Å²) in [6.07, 6.45) is 3.85. The van der Waals surface area contributed by atoms with E-state index in [2.05, 4.69) is 10.3 Å². The van der Waals surface area contributed by atoms with Crippen LogP contribution in [-0.4, -0.2) is 23.0 Å². The van der Waals surface area contributed by atoms with Crippen LogP contribution >= 0.6 is 0 Å². The van der Waals surface area contributed by atoms with E-state index in [0.29, 0.717) is 11.4 Å². The third-order valence-electron chi connectivity index (χ3n) is 3.31. The van der Waals surface area contributed by atoms with E-state index in [9.17, 15) is 4.79 Å². The Bertz CT molecular complexity index is 630. The molecule has 0 radical (unpaired) electrons. The lowest BCUT2D eigenvalue weighted by Crippen LogP contribution is -2.20. The average Bonchev–Trinajstić information content (AvgIpc) is 2.91. The Balaban J connectivity index is 2.14. The van der Waals surface area contributed by atoms with Gasteiger partial charge in [-0.1, -0.05) is 0 Å². The zero-order chi connectivity index (χ0) is 12.5. The van der Waals surface area contributed by atoms with Crippen LogP contribution in [0.1, 0.15) is 24.6 Å². The summed E-state index contributed by atoms with van der Waals surface area (Å²) in [7, 11) is 1.60. The fourth-order valence-corrected chi connectivity index (χ4v) is 2.34. The van der Waals surface area contributed by atoms with Gasteiger partial charge in [0.2, 0.25) is 0 Å². The van der Waals surface area contributed by atoms with Gasteiger partial charge in [0.25, 0.3) is 5.56 Å². The Labute approximate surface area is 104 Å². The van der Waals surface area contributed by atoms with Crippen molar-refractivity contribution in [1.82, 2.24) is 14.7 Å². The predicted molar refractivity (Wildman–Crippen MR) is 68.0 cm³/mol. The van der Waals surface area contributed by atoms with Crippen LogP contribution in [0.2, 0.25) is 0 Å². The standard InChI is InChI=1S/C13H15N3O2/c1-18-9-4-6-16-12(7-9)15-11(8-13(16)17)10-3-2-5-14-10/h4,6-8,10,14H,2-3,5H2,1H3. The Kier molecular flexibility index (Phi) is 2.76. The number of nitrogens with zero attached hydrogens (tertiary/aromatic N) is 2. The lowest BCUT2D eigenvalue weighted by Gasteiger charge is -2.10. The number of rotatable bonds is 2. The summed E-state index contributed by atoms with van der Waals surface area (Å²) in [6.45, 7) is 0.990. The van der Waals surface area contributed by atoms with Crippen LogP contribution in [0, 0.1) is 0 Å². The second kappa shape index (κ2) is 4.42. The first kappa shape index (κ1) is 11.2. The van der Waals surface area contributed by atoms with Crippen molar-refractivity contribution in [3.05, 3.63) is 40.4 Å². The number of pyridine rings is 1. The molecular formula is C13H15N3O2. The van der Waals surface area contributed by atoms with Crippen molar-refractivity contribution in [3.63, 3.8) is 0 Å². The maximum atomic E-state index is 12.0. The van der Waals surface area contributed by atoms with Crippen molar-refractivity contribution >= 4 is 5.65 Å². The van der Waals surface area contributed by atoms with E-state index in [4.69, 9.17) is 4.74 Å². The van der Waals surface area contributed by atoms with Gasteiger partial charge in [-0.25, -0.2) is 4.98 Å². The van der Waals surface area contributed by atoms with Crippen molar-refractivity contribution < 1.29 is 4.74 Å². The molecule has 0 spiro atoms. The van der Waals surface area contributed by atoms with E-state index in [1.165, 1.54) is 4.40 Å². The highest BCUT2D eigenvalue weighted by atomic mass is 16.5. The van der Waals surface area contributed by atoms with Crippen molar-refractivity contribution in [1.29, 1.82) is 0 Å². The molecule has 1 aliphatic rings. The molecule has 1 fully saturated rings. The smallest absolute Gasteiger partial charge is 0.258 e. The van der Waals surface area contributed by atoms with Gasteiger partial charge in [-0.2, -0.15) is 0 Å². The molecule has 94 valence electrons. The Morgan fingerprint density at radius 2 is 2.39 bits per heavy atom. The number of hydrogen-bond donors (Lipinski definition) is 1. The van der Waals surface area contributed by atoms with E-state index in [0.717, 1.165) is 25.1 Å². The van der Waals surface area contributed by atoms with E-state index in [1.807, 2.05) is 0 Å². The van der Waals surface area contributed by atoms with Gasteiger partial charge >= 0.3 is 0 Å². The first-order valence-corrected chi connectivity index (χ1v) is 6.08. The predicted octanol–water partition coefficient (Wildman–Crippen LogP) is 1.13. The van der Waals surface area contributed by atoms with Crippen LogP contribution in [0.3, 0.4) is 0 Å². The molecule has 18 heavy (non-hydrogen) atoms. The number of ether oxygens (including phenoxy) is 1. The molecule has 2 aromatic heterocycles. The topological polar surface area (TPSA) is 55.6 Å². The Morgan fingerprint density at radius 1 is 1.50 bits per heavy atom. The lowest BCUT2D eigenvalue weighted by atomic mass is 10.1. The minimum absolute atomic E-state index is 0.0497. The summed E-state index contributed by atoms with van der Waals surface area (Å²) < 4.78 is 6.69. The minimum Gasteiger partial charge on any atom is -0.497 e. The summed E-state index contributed by atoms with van der Waals surface area (Å²) in [4.78, 5) is 16.6. The summed E-state index contributed by atoms with van der Waals surface area (Å²) in [5.74, 6) is 0.707. The normalized spacial score (nSPS) is 19.3. The van der Waals surface area contributed by atoms with Crippen LogP contribution in [-0.2, 0) is 0 Å². The first-order valence-electron chi connectivity index (χ1n) is 6.08. The molecule has 1 atom stereocenters. The highest BCUT2D eigenvalue weighted by molar-refractivity contribution is 5.44. The highest BCUT2D eigenvalue weighted by Gasteiger charge is 2.18. The molecule has 3 heterocycles. The van der Waals surface area contributed by atoms with Crippen molar-refractivity contribution in [2.45, 2.75) is 18.9 Å². The monoisotopic (exact) mass is 245 g/mol. The van der Waals surface area contributed by atoms with Crippen LogP contribution in [0.4, 0.5) is 0 Å². The van der Waals surface area contributed by atoms with Gasteiger partial charge in [0.05, 0.1) is 12.8 Å². The summed E-state index contributed by atoms with van der Waals surface area (Å²) in [5, 5.41) is 3.35. The third kappa shape index (κ3) is 1.86. The van der Waals surface area contributed by atoms with Crippen molar-refractivity contribution in [3.8, 4) is 5.75 Å². The molecule has 5 heteroatoms. The minimum atomic E-state index is -0.0497. The lowest BCUT2D eigenvalue weighted by molar-refractivity contribution is 0.414. The van der Waals surface area contributed by atoms with Crippen LogP contribution in [0.15, 0.2) is 29.2 Å². The maximum absolute atomic E-state index is 12.0. The van der Waals surface area contributed by atoms with Crippen LogP contribution in [0.25, 0.3) is 5.65 Å². The van der Waals surface area contributed by atoms with Gasteiger partial charge in [0.15, 0.2) is 0 Å². The third-order valence-corrected chi connectivity index (χ3v) is 3.31. The fourth-order valence-electron chi connectivity index (χ4n) is 2.34. The van der Waals surface area contributed by atoms with E-state index < -0.39 is 0 Å². The fraction of sp³-hybridized carbons (Fsp3) is 0.385.